The minimum absolute atomic E-state index is 0.0730. The summed E-state index contributed by atoms with van der Waals surface area (Å²) in [6, 6.07) is 18.2. The average molecular weight is 415 g/mol. The van der Waals surface area contributed by atoms with E-state index in [0.29, 0.717) is 13.2 Å². The lowest BCUT2D eigenvalue weighted by molar-refractivity contribution is -0.0212. The highest BCUT2D eigenvalue weighted by molar-refractivity contribution is 6.02. The summed E-state index contributed by atoms with van der Waals surface area (Å²) in [6.07, 6.45) is 4.01. The second kappa shape index (κ2) is 8.30. The first-order chi connectivity index (χ1) is 15.3. The zero-order valence-corrected chi connectivity index (χ0v) is 17.7. The van der Waals surface area contributed by atoms with Crippen LogP contribution in [0.1, 0.15) is 49.2 Å². The largest absolute Gasteiger partial charge is 0.494 e. The number of hydrogen-bond acceptors (Lipinski definition) is 6. The van der Waals surface area contributed by atoms with Crippen LogP contribution in [0.2, 0.25) is 0 Å². The molecule has 0 fully saturated rings. The highest BCUT2D eigenvalue weighted by Gasteiger charge is 2.42. The summed E-state index contributed by atoms with van der Waals surface area (Å²) in [5.74, 6) is 2.44. The van der Waals surface area contributed by atoms with Crippen LogP contribution in [0.25, 0.3) is 0 Å². The Morgan fingerprint density at radius 3 is 2.48 bits per heavy atom. The van der Waals surface area contributed by atoms with Crippen molar-refractivity contribution in [1.29, 1.82) is 0 Å². The molecular formula is C25H25N3O3. The normalized spacial score (nSPS) is 19.2. The van der Waals surface area contributed by atoms with Gasteiger partial charge in [-0.15, -0.1) is 0 Å². The van der Waals surface area contributed by atoms with Crippen LogP contribution in [0, 0.1) is 0 Å². The Morgan fingerprint density at radius 1 is 0.968 bits per heavy atom. The van der Waals surface area contributed by atoms with Gasteiger partial charge in [-0.05, 0) is 61.9 Å². The van der Waals surface area contributed by atoms with Crippen molar-refractivity contribution in [2.75, 3.05) is 13.2 Å². The molecule has 6 nitrogen and oxygen atoms in total. The quantitative estimate of drug-likeness (QED) is 0.559. The molecule has 0 unspecified atom stereocenters. The molecule has 0 bridgehead atoms. The number of pyridine rings is 1. The molecular weight excluding hydrogens is 390 g/mol. The Balaban J connectivity index is 1.55. The van der Waals surface area contributed by atoms with Gasteiger partial charge in [0, 0.05) is 29.9 Å². The molecule has 5 rings (SSSR count). The molecule has 0 saturated heterocycles. The van der Waals surface area contributed by atoms with Crippen LogP contribution in [0.15, 0.2) is 72.1 Å². The Kier molecular flexibility index (Phi) is 5.20. The molecule has 0 aliphatic carbocycles. The van der Waals surface area contributed by atoms with Crippen molar-refractivity contribution < 1.29 is 14.2 Å². The first-order valence-electron chi connectivity index (χ1n) is 10.7. The van der Waals surface area contributed by atoms with Crippen molar-refractivity contribution in [3.8, 4) is 17.2 Å². The molecule has 2 aromatic carbocycles. The van der Waals surface area contributed by atoms with E-state index in [0.717, 1.165) is 46.1 Å². The number of fused-ring (bicyclic) bond motifs is 3. The average Bonchev–Trinajstić information content (AvgIpc) is 3.26. The second-order valence-corrected chi connectivity index (χ2v) is 7.46. The first kappa shape index (κ1) is 19.4. The van der Waals surface area contributed by atoms with Crippen molar-refractivity contribution >= 4 is 5.71 Å². The topological polar surface area (TPSA) is 56.2 Å². The van der Waals surface area contributed by atoms with Crippen LogP contribution in [-0.2, 0) is 0 Å². The van der Waals surface area contributed by atoms with Gasteiger partial charge in [0.2, 0.25) is 6.23 Å². The third kappa shape index (κ3) is 3.58. The summed E-state index contributed by atoms with van der Waals surface area (Å²) in [4.78, 5) is 4.16. The fraction of sp³-hybridized carbons (Fsp3) is 0.280. The Bertz CT molecular complexity index is 1080. The molecule has 0 N–H and O–H groups in total. The summed E-state index contributed by atoms with van der Waals surface area (Å²) in [5.41, 5.74) is 4.23. The highest BCUT2D eigenvalue weighted by Crippen LogP contribution is 2.50. The van der Waals surface area contributed by atoms with Crippen LogP contribution in [0.3, 0.4) is 0 Å². The molecule has 2 aliphatic rings. The van der Waals surface area contributed by atoms with Crippen LogP contribution in [0.4, 0.5) is 0 Å². The molecule has 2 aliphatic heterocycles. The minimum atomic E-state index is -0.345. The Morgan fingerprint density at radius 2 is 1.74 bits per heavy atom. The second-order valence-electron chi connectivity index (χ2n) is 7.46. The molecule has 1 aromatic heterocycles. The zero-order valence-electron chi connectivity index (χ0n) is 17.7. The van der Waals surface area contributed by atoms with Crippen LogP contribution in [0.5, 0.6) is 17.2 Å². The van der Waals surface area contributed by atoms with Crippen LogP contribution < -0.4 is 14.2 Å². The third-order valence-electron chi connectivity index (χ3n) is 5.57. The molecule has 0 radical (unpaired) electrons. The molecule has 6 heteroatoms. The van der Waals surface area contributed by atoms with E-state index in [-0.39, 0.29) is 12.3 Å². The maximum Gasteiger partial charge on any atom is 0.214 e. The number of hydrazone groups is 1. The van der Waals surface area contributed by atoms with E-state index in [1.807, 2.05) is 50.2 Å². The number of rotatable bonds is 6. The summed E-state index contributed by atoms with van der Waals surface area (Å²) in [7, 11) is 0. The van der Waals surface area contributed by atoms with Crippen LogP contribution >= 0.6 is 0 Å². The van der Waals surface area contributed by atoms with Crippen molar-refractivity contribution in [3.63, 3.8) is 0 Å². The van der Waals surface area contributed by atoms with E-state index in [1.54, 1.807) is 12.4 Å². The molecule has 0 spiro atoms. The monoisotopic (exact) mass is 415 g/mol. The van der Waals surface area contributed by atoms with Gasteiger partial charge >= 0.3 is 0 Å². The van der Waals surface area contributed by atoms with Crippen molar-refractivity contribution in [2.24, 2.45) is 5.10 Å². The SMILES string of the molecule is CCOc1ccc(C2=NN3[C@@H](c4ccncc4)Oc4c(OCC)cccc4[C@@H]3C2)cc1. The number of para-hydroxylation sites is 1. The molecule has 0 amide bonds. The van der Waals surface area contributed by atoms with Crippen molar-refractivity contribution in [1.82, 2.24) is 9.99 Å². The van der Waals surface area contributed by atoms with Gasteiger partial charge in [0.05, 0.1) is 25.0 Å². The lowest BCUT2D eigenvalue weighted by atomic mass is 9.95. The van der Waals surface area contributed by atoms with Crippen LogP contribution in [-0.4, -0.2) is 28.9 Å². The van der Waals surface area contributed by atoms with Gasteiger partial charge < -0.3 is 14.2 Å². The van der Waals surface area contributed by atoms with E-state index in [2.05, 4.69) is 28.2 Å². The summed E-state index contributed by atoms with van der Waals surface area (Å²) in [5, 5.41) is 7.08. The van der Waals surface area contributed by atoms with Gasteiger partial charge in [0.25, 0.3) is 0 Å². The smallest absolute Gasteiger partial charge is 0.214 e. The molecule has 0 saturated carbocycles. The summed E-state index contributed by atoms with van der Waals surface area (Å²) in [6.45, 7) is 5.21. The van der Waals surface area contributed by atoms with E-state index in [9.17, 15) is 0 Å². The predicted molar refractivity (Wildman–Crippen MR) is 119 cm³/mol. The predicted octanol–water partition coefficient (Wildman–Crippen LogP) is 5.12. The lowest BCUT2D eigenvalue weighted by Gasteiger charge is -2.38. The Labute approximate surface area is 182 Å². The maximum absolute atomic E-state index is 6.50. The molecule has 158 valence electrons. The fourth-order valence-corrected chi connectivity index (χ4v) is 4.19. The standard InChI is InChI=1S/C25H25N3O3/c1-3-29-19-10-8-17(9-11-19)21-16-22-20-6-5-7-23(30-4-2)24(20)31-25(28(22)27-21)18-12-14-26-15-13-18/h5-15,22,25H,3-4,16H2,1-2H3/t22-,25+/m0/s1. The van der Waals surface area contributed by atoms with E-state index < -0.39 is 0 Å². The van der Waals surface area contributed by atoms with Crippen molar-refractivity contribution in [2.45, 2.75) is 32.5 Å². The number of ether oxygens (including phenoxy) is 3. The van der Waals surface area contributed by atoms with Gasteiger partial charge in [-0.25, -0.2) is 5.01 Å². The molecule has 3 aromatic rings. The van der Waals surface area contributed by atoms with Crippen molar-refractivity contribution in [3.05, 3.63) is 83.7 Å². The van der Waals surface area contributed by atoms with E-state index in [1.165, 1.54) is 0 Å². The summed E-state index contributed by atoms with van der Waals surface area (Å²) >= 11 is 0. The third-order valence-corrected chi connectivity index (χ3v) is 5.57. The van der Waals surface area contributed by atoms with E-state index in [4.69, 9.17) is 19.3 Å². The highest BCUT2D eigenvalue weighted by atomic mass is 16.5. The number of hydrogen-bond donors (Lipinski definition) is 0. The summed E-state index contributed by atoms with van der Waals surface area (Å²) < 4.78 is 18.0. The number of nitrogens with zero attached hydrogens (tertiary/aromatic N) is 3. The molecule has 3 heterocycles. The molecule has 2 atom stereocenters. The molecule has 31 heavy (non-hydrogen) atoms. The van der Waals surface area contributed by atoms with E-state index >= 15 is 0 Å². The fourth-order valence-electron chi connectivity index (χ4n) is 4.19. The van der Waals surface area contributed by atoms with Gasteiger partial charge in [-0.1, -0.05) is 12.1 Å². The van der Waals surface area contributed by atoms with Gasteiger partial charge in [-0.2, -0.15) is 5.10 Å². The van der Waals surface area contributed by atoms with Gasteiger partial charge in [-0.3, -0.25) is 4.98 Å². The minimum Gasteiger partial charge on any atom is -0.494 e. The van der Waals surface area contributed by atoms with Gasteiger partial charge in [0.15, 0.2) is 11.5 Å². The first-order valence-corrected chi connectivity index (χ1v) is 10.7. The number of aromatic nitrogens is 1. The number of benzene rings is 2. The lowest BCUT2D eigenvalue weighted by Crippen LogP contribution is -2.33. The van der Waals surface area contributed by atoms with Gasteiger partial charge in [0.1, 0.15) is 5.75 Å². The Hall–Kier alpha value is -3.54. The zero-order chi connectivity index (χ0) is 21.2. The maximum atomic E-state index is 6.50.